The first-order valence-corrected chi connectivity index (χ1v) is 7.68. The first-order valence-electron chi connectivity index (χ1n) is 7.30. The average Bonchev–Trinajstić information content (AvgIpc) is 2.59. The van der Waals surface area contributed by atoms with E-state index < -0.39 is 32.7 Å². The summed E-state index contributed by atoms with van der Waals surface area (Å²) in [4.78, 5) is 32.4. The van der Waals surface area contributed by atoms with Crippen LogP contribution in [0.15, 0.2) is 42.5 Å². The van der Waals surface area contributed by atoms with Crippen molar-refractivity contribution in [2.75, 3.05) is 6.54 Å². The summed E-state index contributed by atoms with van der Waals surface area (Å²) >= 11 is 5.88. The minimum atomic E-state index is -1.47. The summed E-state index contributed by atoms with van der Waals surface area (Å²) < 4.78 is 0. The van der Waals surface area contributed by atoms with Gasteiger partial charge in [-0.25, -0.2) is 0 Å². The first-order chi connectivity index (χ1) is 12.1. The molecule has 0 saturated heterocycles. The Morgan fingerprint density at radius 3 is 2.23 bits per heavy atom. The smallest absolute Gasteiger partial charge is 0.277 e. The maximum atomic E-state index is 12.2. The molecule has 0 radical (unpaired) electrons. The molecule has 0 heterocycles. The van der Waals surface area contributed by atoms with E-state index in [1.165, 1.54) is 13.0 Å². The predicted octanol–water partition coefficient (Wildman–Crippen LogP) is 2.79. The molecule has 0 aliphatic carbocycles. The van der Waals surface area contributed by atoms with Crippen molar-refractivity contribution in [3.8, 4) is 0 Å². The normalized spacial score (nSPS) is 12.9. The van der Waals surface area contributed by atoms with Gasteiger partial charge >= 0.3 is 0 Å². The van der Waals surface area contributed by atoms with E-state index in [0.29, 0.717) is 10.6 Å². The topological polar surface area (TPSA) is 136 Å². The minimum Gasteiger partial charge on any atom is -0.384 e. The van der Waals surface area contributed by atoms with Crippen LogP contribution >= 0.6 is 11.6 Å². The molecule has 1 atom stereocenters. The second-order valence-electron chi connectivity index (χ2n) is 5.72. The lowest BCUT2D eigenvalue weighted by atomic mass is 9.96. The largest absolute Gasteiger partial charge is 0.384 e. The summed E-state index contributed by atoms with van der Waals surface area (Å²) in [6, 6.07) is 9.04. The van der Waals surface area contributed by atoms with Gasteiger partial charge in [-0.15, -0.1) is 0 Å². The number of hydrogen-bond donors (Lipinski definition) is 2. The number of nitro benzene ring substituents is 2. The van der Waals surface area contributed by atoms with Gasteiger partial charge in [0, 0.05) is 17.2 Å². The Hall–Kier alpha value is -3.04. The Morgan fingerprint density at radius 2 is 1.73 bits per heavy atom. The number of carbonyl (C=O) groups excluding carboxylic acids is 1. The summed E-state index contributed by atoms with van der Waals surface area (Å²) in [5.74, 6) is -0.792. The summed E-state index contributed by atoms with van der Waals surface area (Å²) in [5, 5.41) is 35.1. The molecule has 2 aromatic carbocycles. The zero-order chi connectivity index (χ0) is 19.5. The minimum absolute atomic E-state index is 0.233. The molecule has 0 aromatic heterocycles. The lowest BCUT2D eigenvalue weighted by Crippen LogP contribution is -2.38. The molecule has 0 unspecified atom stereocenters. The van der Waals surface area contributed by atoms with Gasteiger partial charge < -0.3 is 10.4 Å². The van der Waals surface area contributed by atoms with Gasteiger partial charge in [0.15, 0.2) is 0 Å². The fraction of sp³-hybridized carbons (Fsp3) is 0.188. The molecular weight excluding hydrogens is 366 g/mol. The van der Waals surface area contributed by atoms with E-state index in [2.05, 4.69) is 5.32 Å². The molecule has 0 fully saturated rings. The molecule has 0 aliphatic rings. The van der Waals surface area contributed by atoms with Gasteiger partial charge in [0.05, 0.1) is 28.0 Å². The van der Waals surface area contributed by atoms with Gasteiger partial charge in [0.25, 0.3) is 17.3 Å². The molecule has 0 bridgehead atoms. The van der Waals surface area contributed by atoms with Gasteiger partial charge in [-0.1, -0.05) is 23.7 Å². The molecule has 1 amide bonds. The highest BCUT2D eigenvalue weighted by Gasteiger charge is 2.26. The maximum Gasteiger partial charge on any atom is 0.277 e. The molecular formula is C16H14ClN3O6. The van der Waals surface area contributed by atoms with Gasteiger partial charge in [0.1, 0.15) is 5.60 Å². The first kappa shape index (κ1) is 19.3. The van der Waals surface area contributed by atoms with E-state index in [-0.39, 0.29) is 12.1 Å². The van der Waals surface area contributed by atoms with Crippen LogP contribution in [0, 0.1) is 20.2 Å². The van der Waals surface area contributed by atoms with Crippen molar-refractivity contribution in [1.82, 2.24) is 5.32 Å². The van der Waals surface area contributed by atoms with Crippen LogP contribution in [-0.2, 0) is 5.60 Å². The summed E-state index contributed by atoms with van der Waals surface area (Å²) in [7, 11) is 0. The number of nitrogens with one attached hydrogen (secondary N) is 1. The van der Waals surface area contributed by atoms with Crippen LogP contribution in [0.1, 0.15) is 22.8 Å². The van der Waals surface area contributed by atoms with Crippen molar-refractivity contribution in [2.45, 2.75) is 12.5 Å². The second-order valence-corrected chi connectivity index (χ2v) is 6.16. The molecule has 2 aromatic rings. The SMILES string of the molecule is C[C@](O)(CNC(=O)c1cc([N+](=O)[O-])cc([N+](=O)[O-])c1)c1cccc(Cl)c1. The maximum absolute atomic E-state index is 12.2. The fourth-order valence-electron chi connectivity index (χ4n) is 2.22. The number of amides is 1. The number of nitro groups is 2. The highest BCUT2D eigenvalue weighted by Crippen LogP contribution is 2.24. The predicted molar refractivity (Wildman–Crippen MR) is 93.1 cm³/mol. The number of halogens is 1. The monoisotopic (exact) mass is 379 g/mol. The summed E-state index contributed by atoms with van der Waals surface area (Å²) in [5.41, 5.74) is -2.42. The molecule has 0 saturated carbocycles. The third-order valence-corrected chi connectivity index (χ3v) is 3.86. The number of rotatable bonds is 6. The van der Waals surface area contributed by atoms with Crippen LogP contribution in [0.25, 0.3) is 0 Å². The standard InChI is InChI=1S/C16H14ClN3O6/c1-16(22,11-3-2-4-12(17)7-11)9-18-15(21)10-5-13(19(23)24)8-14(6-10)20(25)26/h2-8,22H,9H2,1H3,(H,18,21)/t16-/m0/s1. The van der Waals surface area contributed by atoms with Crippen molar-refractivity contribution in [2.24, 2.45) is 0 Å². The number of nitrogens with zero attached hydrogens (tertiary/aromatic N) is 2. The zero-order valence-corrected chi connectivity index (χ0v) is 14.3. The third kappa shape index (κ3) is 4.52. The second kappa shape index (κ2) is 7.46. The quantitative estimate of drug-likeness (QED) is 0.585. The zero-order valence-electron chi connectivity index (χ0n) is 13.5. The lowest BCUT2D eigenvalue weighted by Gasteiger charge is -2.24. The number of hydrogen-bond acceptors (Lipinski definition) is 6. The van der Waals surface area contributed by atoms with Crippen LogP contribution in [0.4, 0.5) is 11.4 Å². The van der Waals surface area contributed by atoms with Crippen molar-refractivity contribution in [1.29, 1.82) is 0 Å². The Balaban J connectivity index is 2.22. The Morgan fingerprint density at radius 1 is 1.15 bits per heavy atom. The van der Waals surface area contributed by atoms with E-state index >= 15 is 0 Å². The van der Waals surface area contributed by atoms with Crippen LogP contribution in [0.5, 0.6) is 0 Å². The fourth-order valence-corrected chi connectivity index (χ4v) is 2.41. The molecule has 10 heteroatoms. The lowest BCUT2D eigenvalue weighted by molar-refractivity contribution is -0.394. The Kier molecular flexibility index (Phi) is 5.53. The van der Waals surface area contributed by atoms with Crippen LogP contribution in [0.2, 0.25) is 5.02 Å². The molecule has 136 valence electrons. The van der Waals surface area contributed by atoms with Crippen LogP contribution in [0.3, 0.4) is 0 Å². The average molecular weight is 380 g/mol. The molecule has 26 heavy (non-hydrogen) atoms. The molecule has 0 spiro atoms. The molecule has 2 N–H and O–H groups in total. The van der Waals surface area contributed by atoms with E-state index in [9.17, 15) is 30.1 Å². The number of carbonyl (C=O) groups is 1. The van der Waals surface area contributed by atoms with Gasteiger partial charge in [-0.2, -0.15) is 0 Å². The van der Waals surface area contributed by atoms with E-state index in [1.807, 2.05) is 0 Å². The number of aliphatic hydroxyl groups is 1. The third-order valence-electron chi connectivity index (χ3n) is 3.63. The Labute approximate surface area is 152 Å². The van der Waals surface area contributed by atoms with Crippen molar-refractivity contribution in [3.05, 3.63) is 78.8 Å². The van der Waals surface area contributed by atoms with E-state index in [0.717, 1.165) is 18.2 Å². The van der Waals surface area contributed by atoms with Crippen LogP contribution in [-0.4, -0.2) is 27.4 Å². The highest BCUT2D eigenvalue weighted by atomic mass is 35.5. The van der Waals surface area contributed by atoms with Crippen LogP contribution < -0.4 is 5.32 Å². The summed E-state index contributed by atoms with van der Waals surface area (Å²) in [6.45, 7) is 1.22. The molecule has 9 nitrogen and oxygen atoms in total. The number of benzene rings is 2. The molecule has 2 rings (SSSR count). The van der Waals surface area contributed by atoms with Crippen molar-refractivity contribution >= 4 is 28.9 Å². The van der Waals surface area contributed by atoms with Gasteiger partial charge in [-0.3, -0.25) is 25.0 Å². The van der Waals surface area contributed by atoms with E-state index in [1.54, 1.807) is 18.2 Å². The van der Waals surface area contributed by atoms with Crippen molar-refractivity contribution < 1.29 is 19.7 Å². The van der Waals surface area contributed by atoms with Crippen molar-refractivity contribution in [3.63, 3.8) is 0 Å². The summed E-state index contributed by atoms with van der Waals surface area (Å²) in [6.07, 6.45) is 0. The highest BCUT2D eigenvalue weighted by molar-refractivity contribution is 6.30. The van der Waals surface area contributed by atoms with E-state index in [4.69, 9.17) is 11.6 Å². The van der Waals surface area contributed by atoms with Gasteiger partial charge in [-0.05, 0) is 24.6 Å². The van der Waals surface area contributed by atoms with Gasteiger partial charge in [0.2, 0.25) is 0 Å². The Bertz CT molecular complexity index is 852. The number of non-ortho nitro benzene ring substituents is 2. The molecule has 0 aliphatic heterocycles.